The van der Waals surface area contributed by atoms with Crippen LogP contribution in [-0.2, 0) is 4.79 Å². The number of likely N-dealkylation sites (tertiary alicyclic amines) is 1. The van der Waals surface area contributed by atoms with E-state index in [1.807, 2.05) is 11.8 Å². The van der Waals surface area contributed by atoms with Crippen molar-refractivity contribution in [1.82, 2.24) is 4.90 Å². The lowest BCUT2D eigenvalue weighted by Gasteiger charge is -2.34. The molecule has 1 aliphatic rings. The standard InChI is InChI=1S/C15H21F2N3O.ClH/c1-10(18)11-3-2-4-20(8-11)9-15(21)19-14-6-12(16)5-13(17)7-14;/h5-7,10-11H,2-4,8-9,18H2,1H3,(H,19,21);1H. The Bertz CT molecular complexity index is 493. The maximum atomic E-state index is 13.1. The van der Waals surface area contributed by atoms with E-state index in [1.165, 1.54) is 0 Å². The summed E-state index contributed by atoms with van der Waals surface area (Å²) in [4.78, 5) is 14.0. The fraction of sp³-hybridized carbons (Fsp3) is 0.533. The van der Waals surface area contributed by atoms with Gasteiger partial charge in [-0.3, -0.25) is 9.69 Å². The van der Waals surface area contributed by atoms with Gasteiger partial charge >= 0.3 is 0 Å². The first-order valence-corrected chi connectivity index (χ1v) is 7.18. The van der Waals surface area contributed by atoms with E-state index in [2.05, 4.69) is 5.32 Å². The second-order valence-electron chi connectivity index (χ2n) is 5.70. The molecule has 1 fully saturated rings. The number of carbonyl (C=O) groups is 1. The van der Waals surface area contributed by atoms with E-state index >= 15 is 0 Å². The number of halogens is 3. The average molecular weight is 334 g/mol. The minimum absolute atomic E-state index is 0. The zero-order valence-corrected chi connectivity index (χ0v) is 13.3. The Balaban J connectivity index is 0.00000242. The van der Waals surface area contributed by atoms with Crippen LogP contribution in [0.4, 0.5) is 14.5 Å². The molecule has 2 rings (SSSR count). The maximum Gasteiger partial charge on any atom is 0.238 e. The van der Waals surface area contributed by atoms with Gasteiger partial charge in [0.05, 0.1) is 6.54 Å². The van der Waals surface area contributed by atoms with Gasteiger partial charge in [-0.05, 0) is 44.4 Å². The molecule has 0 aromatic heterocycles. The Morgan fingerprint density at radius 2 is 2.05 bits per heavy atom. The topological polar surface area (TPSA) is 58.4 Å². The fourth-order valence-corrected chi connectivity index (χ4v) is 2.69. The van der Waals surface area contributed by atoms with Gasteiger partial charge in [-0.25, -0.2) is 8.78 Å². The van der Waals surface area contributed by atoms with Crippen LogP contribution in [0.2, 0.25) is 0 Å². The van der Waals surface area contributed by atoms with Gasteiger partial charge in [-0.1, -0.05) is 0 Å². The number of amides is 1. The van der Waals surface area contributed by atoms with Crippen LogP contribution in [0.25, 0.3) is 0 Å². The third-order valence-electron chi connectivity index (χ3n) is 3.80. The molecule has 1 heterocycles. The van der Waals surface area contributed by atoms with Crippen molar-refractivity contribution in [2.45, 2.75) is 25.8 Å². The average Bonchev–Trinajstić information content (AvgIpc) is 2.37. The van der Waals surface area contributed by atoms with Gasteiger partial charge in [0.15, 0.2) is 0 Å². The Kier molecular flexibility index (Phi) is 7.19. The molecule has 3 N–H and O–H groups in total. The predicted octanol–water partition coefficient (Wildman–Crippen LogP) is 2.38. The molecule has 0 radical (unpaired) electrons. The molecule has 1 saturated heterocycles. The molecular weight excluding hydrogens is 312 g/mol. The predicted molar refractivity (Wildman–Crippen MR) is 85.0 cm³/mol. The number of hydrogen-bond acceptors (Lipinski definition) is 3. The number of nitrogens with one attached hydrogen (secondary N) is 1. The third kappa shape index (κ3) is 5.51. The van der Waals surface area contributed by atoms with Gasteiger partial charge in [0, 0.05) is 24.3 Å². The summed E-state index contributed by atoms with van der Waals surface area (Å²) in [7, 11) is 0. The minimum Gasteiger partial charge on any atom is -0.328 e. The molecule has 0 bridgehead atoms. The van der Waals surface area contributed by atoms with Crippen LogP contribution in [0, 0.1) is 17.6 Å². The summed E-state index contributed by atoms with van der Waals surface area (Å²) in [5.41, 5.74) is 6.04. The monoisotopic (exact) mass is 333 g/mol. The summed E-state index contributed by atoms with van der Waals surface area (Å²) < 4.78 is 26.1. The van der Waals surface area contributed by atoms with Gasteiger partial charge < -0.3 is 11.1 Å². The summed E-state index contributed by atoms with van der Waals surface area (Å²) in [6, 6.07) is 3.07. The Labute approximate surface area is 135 Å². The quantitative estimate of drug-likeness (QED) is 0.889. The summed E-state index contributed by atoms with van der Waals surface area (Å²) in [6.07, 6.45) is 2.08. The highest BCUT2D eigenvalue weighted by molar-refractivity contribution is 5.92. The van der Waals surface area contributed by atoms with Gasteiger partial charge in [0.2, 0.25) is 5.91 Å². The Morgan fingerprint density at radius 3 is 2.64 bits per heavy atom. The zero-order chi connectivity index (χ0) is 15.4. The van der Waals surface area contributed by atoms with Crippen LogP contribution in [0.1, 0.15) is 19.8 Å². The highest BCUT2D eigenvalue weighted by Gasteiger charge is 2.23. The van der Waals surface area contributed by atoms with Gasteiger partial charge in [0.25, 0.3) is 0 Å². The number of benzene rings is 1. The number of rotatable bonds is 4. The van der Waals surface area contributed by atoms with E-state index in [0.29, 0.717) is 5.92 Å². The van der Waals surface area contributed by atoms with Gasteiger partial charge in [-0.2, -0.15) is 0 Å². The highest BCUT2D eigenvalue weighted by Crippen LogP contribution is 2.19. The lowest BCUT2D eigenvalue weighted by atomic mass is 9.92. The molecule has 1 aromatic carbocycles. The first-order chi connectivity index (χ1) is 9.94. The largest absolute Gasteiger partial charge is 0.328 e. The van der Waals surface area contributed by atoms with Crippen molar-refractivity contribution in [2.24, 2.45) is 11.7 Å². The van der Waals surface area contributed by atoms with Crippen molar-refractivity contribution >= 4 is 24.0 Å². The van der Waals surface area contributed by atoms with Crippen LogP contribution in [0.15, 0.2) is 18.2 Å². The molecular formula is C15H22ClF2N3O. The smallest absolute Gasteiger partial charge is 0.238 e. The van der Waals surface area contributed by atoms with Crippen molar-refractivity contribution in [3.8, 4) is 0 Å². The minimum atomic E-state index is -0.708. The molecule has 1 aromatic rings. The van der Waals surface area contributed by atoms with Crippen LogP contribution in [0.3, 0.4) is 0 Å². The number of nitrogens with zero attached hydrogens (tertiary/aromatic N) is 1. The zero-order valence-electron chi connectivity index (χ0n) is 12.5. The number of nitrogens with two attached hydrogens (primary N) is 1. The van der Waals surface area contributed by atoms with Crippen molar-refractivity contribution in [3.63, 3.8) is 0 Å². The molecule has 22 heavy (non-hydrogen) atoms. The van der Waals surface area contributed by atoms with Gasteiger partial charge in [-0.15, -0.1) is 12.4 Å². The van der Waals surface area contributed by atoms with E-state index in [9.17, 15) is 13.6 Å². The van der Waals surface area contributed by atoms with Crippen molar-refractivity contribution in [2.75, 3.05) is 25.0 Å². The SMILES string of the molecule is CC(N)C1CCCN(CC(=O)Nc2cc(F)cc(F)c2)C1.Cl. The van der Waals surface area contributed by atoms with Crippen LogP contribution in [0.5, 0.6) is 0 Å². The number of hydrogen-bond donors (Lipinski definition) is 2. The van der Waals surface area contributed by atoms with Crippen LogP contribution >= 0.6 is 12.4 Å². The molecule has 0 saturated carbocycles. The van der Waals surface area contributed by atoms with Gasteiger partial charge in [0.1, 0.15) is 11.6 Å². The lowest BCUT2D eigenvalue weighted by Crippen LogP contribution is -2.45. The molecule has 1 amide bonds. The van der Waals surface area contributed by atoms with Crippen molar-refractivity contribution in [3.05, 3.63) is 29.8 Å². The van der Waals surface area contributed by atoms with E-state index in [1.54, 1.807) is 0 Å². The summed E-state index contributed by atoms with van der Waals surface area (Å²) in [5, 5.41) is 2.52. The molecule has 7 heteroatoms. The summed E-state index contributed by atoms with van der Waals surface area (Å²) in [6.45, 7) is 3.81. The summed E-state index contributed by atoms with van der Waals surface area (Å²) in [5.74, 6) is -1.30. The Hall–Kier alpha value is -1.24. The first-order valence-electron chi connectivity index (χ1n) is 7.18. The summed E-state index contributed by atoms with van der Waals surface area (Å²) >= 11 is 0. The number of anilines is 1. The maximum absolute atomic E-state index is 13.1. The molecule has 4 nitrogen and oxygen atoms in total. The first kappa shape index (κ1) is 18.8. The molecule has 1 aliphatic heterocycles. The number of carbonyl (C=O) groups excluding carboxylic acids is 1. The highest BCUT2D eigenvalue weighted by atomic mass is 35.5. The van der Waals surface area contributed by atoms with Crippen LogP contribution < -0.4 is 11.1 Å². The molecule has 2 atom stereocenters. The van der Waals surface area contributed by atoms with Crippen molar-refractivity contribution < 1.29 is 13.6 Å². The van der Waals surface area contributed by atoms with E-state index < -0.39 is 11.6 Å². The van der Waals surface area contributed by atoms with Crippen molar-refractivity contribution in [1.29, 1.82) is 0 Å². The van der Waals surface area contributed by atoms with E-state index in [4.69, 9.17) is 5.73 Å². The Morgan fingerprint density at radius 1 is 1.41 bits per heavy atom. The molecule has 2 unspecified atom stereocenters. The molecule has 0 spiro atoms. The van der Waals surface area contributed by atoms with E-state index in [-0.39, 0.29) is 36.6 Å². The second kappa shape index (κ2) is 8.41. The normalized spacial score (nSPS) is 20.1. The van der Waals surface area contributed by atoms with E-state index in [0.717, 1.165) is 44.1 Å². The lowest BCUT2D eigenvalue weighted by molar-refractivity contribution is -0.117. The molecule has 0 aliphatic carbocycles. The molecule has 124 valence electrons. The third-order valence-corrected chi connectivity index (χ3v) is 3.80. The second-order valence-corrected chi connectivity index (χ2v) is 5.70. The van der Waals surface area contributed by atoms with Crippen LogP contribution in [-0.4, -0.2) is 36.5 Å². The fourth-order valence-electron chi connectivity index (χ4n) is 2.69. The number of piperidine rings is 1.